The fraction of sp³-hybridized carbons (Fsp3) is 0.432. The molecule has 1 unspecified atom stereocenters. The number of ether oxygens (including phenoxy) is 3. The van der Waals surface area contributed by atoms with Crippen molar-refractivity contribution < 1.29 is 33.3 Å². The van der Waals surface area contributed by atoms with Gasteiger partial charge in [0.2, 0.25) is 11.8 Å². The summed E-state index contributed by atoms with van der Waals surface area (Å²) in [6.45, 7) is 8.83. The number of aliphatic carboxylic acids is 1. The molecule has 4 heterocycles. The minimum Gasteiger partial charge on any atom is -0.496 e. The molecule has 1 N–H and O–H groups in total. The summed E-state index contributed by atoms with van der Waals surface area (Å²) in [6, 6.07) is 16.0. The van der Waals surface area contributed by atoms with Crippen molar-refractivity contribution in [2.45, 2.75) is 38.8 Å². The molecule has 7 rings (SSSR count). The first kappa shape index (κ1) is 32.3. The second-order valence-corrected chi connectivity index (χ2v) is 12.7. The average molecular weight is 655 g/mol. The Balaban J connectivity index is 1.14. The fourth-order valence-corrected chi connectivity index (χ4v) is 7.25. The van der Waals surface area contributed by atoms with Crippen LogP contribution in [0.15, 0.2) is 52.9 Å². The van der Waals surface area contributed by atoms with Crippen LogP contribution in [0.5, 0.6) is 5.75 Å². The van der Waals surface area contributed by atoms with E-state index in [9.17, 15) is 14.7 Å². The van der Waals surface area contributed by atoms with Gasteiger partial charge >= 0.3 is 5.97 Å². The lowest BCUT2D eigenvalue weighted by Crippen LogP contribution is -2.45. The van der Waals surface area contributed by atoms with Crippen molar-refractivity contribution in [3.63, 3.8) is 0 Å². The molecule has 1 aromatic heterocycles. The molecule has 3 aromatic carbocycles. The van der Waals surface area contributed by atoms with E-state index in [1.807, 2.05) is 35.2 Å². The number of carbonyl (C=O) groups is 2. The number of methoxy groups -OCH3 is 1. The van der Waals surface area contributed by atoms with E-state index in [1.54, 1.807) is 7.11 Å². The van der Waals surface area contributed by atoms with Crippen molar-refractivity contribution in [3.05, 3.63) is 65.2 Å². The van der Waals surface area contributed by atoms with Crippen molar-refractivity contribution in [1.29, 1.82) is 0 Å². The first-order valence-electron chi connectivity index (χ1n) is 16.7. The topological polar surface area (TPSA) is 118 Å². The largest absolute Gasteiger partial charge is 0.496 e. The summed E-state index contributed by atoms with van der Waals surface area (Å²) in [4.78, 5) is 36.1. The zero-order chi connectivity index (χ0) is 33.2. The molecule has 0 spiro atoms. The van der Waals surface area contributed by atoms with Crippen LogP contribution in [0.3, 0.4) is 0 Å². The van der Waals surface area contributed by atoms with Crippen molar-refractivity contribution in [1.82, 2.24) is 14.8 Å². The molecular weight excluding hydrogens is 612 g/mol. The third kappa shape index (κ3) is 6.55. The maximum atomic E-state index is 13.3. The normalized spacial score (nSPS) is 18.7. The van der Waals surface area contributed by atoms with E-state index in [0.29, 0.717) is 62.0 Å². The number of hydrogen-bond acceptors (Lipinski definition) is 9. The third-order valence-corrected chi connectivity index (χ3v) is 9.85. The van der Waals surface area contributed by atoms with Crippen LogP contribution >= 0.6 is 0 Å². The Labute approximate surface area is 280 Å². The summed E-state index contributed by atoms with van der Waals surface area (Å²) < 4.78 is 23.1. The van der Waals surface area contributed by atoms with Gasteiger partial charge in [-0.2, -0.15) is 0 Å². The van der Waals surface area contributed by atoms with Crippen LogP contribution in [-0.2, 0) is 32.0 Å². The lowest BCUT2D eigenvalue weighted by Gasteiger charge is -2.35. The Bertz CT molecular complexity index is 1810. The Kier molecular flexibility index (Phi) is 9.45. The number of carbonyl (C=O) groups excluding carboxylic acids is 1. The number of aromatic nitrogens is 1. The Morgan fingerprint density at radius 1 is 0.979 bits per heavy atom. The lowest BCUT2D eigenvalue weighted by molar-refractivity contribution is -0.140. The van der Waals surface area contributed by atoms with E-state index < -0.39 is 5.97 Å². The number of benzene rings is 3. The summed E-state index contributed by atoms with van der Waals surface area (Å²) in [5, 5.41) is 9.41. The van der Waals surface area contributed by atoms with Gasteiger partial charge in [0.1, 0.15) is 11.3 Å². The van der Waals surface area contributed by atoms with Gasteiger partial charge in [-0.15, -0.1) is 0 Å². The number of fused-ring (bicyclic) bond motifs is 2. The Morgan fingerprint density at radius 3 is 2.56 bits per heavy atom. The monoisotopic (exact) mass is 654 g/mol. The molecule has 2 fully saturated rings. The van der Waals surface area contributed by atoms with Crippen molar-refractivity contribution in [2.75, 3.05) is 71.2 Å². The van der Waals surface area contributed by atoms with Crippen LogP contribution in [0.25, 0.3) is 33.7 Å². The molecule has 4 aromatic rings. The first-order chi connectivity index (χ1) is 23.4. The highest BCUT2D eigenvalue weighted by Crippen LogP contribution is 2.40. The van der Waals surface area contributed by atoms with Gasteiger partial charge in [-0.3, -0.25) is 19.4 Å². The van der Waals surface area contributed by atoms with E-state index in [2.05, 4.69) is 34.9 Å². The zero-order valence-electron chi connectivity index (χ0n) is 27.6. The van der Waals surface area contributed by atoms with Crippen LogP contribution in [0.1, 0.15) is 29.5 Å². The van der Waals surface area contributed by atoms with Crippen molar-refractivity contribution in [2.24, 2.45) is 0 Å². The van der Waals surface area contributed by atoms with Gasteiger partial charge in [0.25, 0.3) is 0 Å². The summed E-state index contributed by atoms with van der Waals surface area (Å²) in [7, 11) is 1.63. The Hall–Kier alpha value is -4.29. The van der Waals surface area contributed by atoms with Gasteiger partial charge < -0.3 is 28.6 Å². The minimum absolute atomic E-state index is 0.0160. The van der Waals surface area contributed by atoms with E-state index in [0.717, 1.165) is 72.8 Å². The molecule has 0 radical (unpaired) electrons. The summed E-state index contributed by atoms with van der Waals surface area (Å²) in [5.74, 6) is 0.504. The molecule has 11 nitrogen and oxygen atoms in total. The van der Waals surface area contributed by atoms with Gasteiger partial charge in [0.15, 0.2) is 5.58 Å². The van der Waals surface area contributed by atoms with Crippen LogP contribution < -0.4 is 9.64 Å². The number of anilines is 1. The molecule has 0 aliphatic carbocycles. The predicted octanol–water partition coefficient (Wildman–Crippen LogP) is 4.77. The maximum Gasteiger partial charge on any atom is 0.305 e. The van der Waals surface area contributed by atoms with E-state index >= 15 is 0 Å². The molecule has 0 bridgehead atoms. The molecule has 11 heteroatoms. The van der Waals surface area contributed by atoms with Crippen LogP contribution in [0, 0.1) is 6.92 Å². The second kappa shape index (κ2) is 14.1. The summed E-state index contributed by atoms with van der Waals surface area (Å²) in [5.41, 5.74) is 8.58. The maximum absolute atomic E-state index is 13.3. The van der Waals surface area contributed by atoms with Gasteiger partial charge in [0.05, 0.1) is 40.0 Å². The quantitative estimate of drug-likeness (QED) is 0.256. The highest BCUT2D eigenvalue weighted by Gasteiger charge is 2.29. The lowest BCUT2D eigenvalue weighted by atomic mass is 9.92. The smallest absolute Gasteiger partial charge is 0.305 e. The molecule has 1 amide bonds. The van der Waals surface area contributed by atoms with Crippen molar-refractivity contribution >= 4 is 28.7 Å². The van der Waals surface area contributed by atoms with Crippen molar-refractivity contribution in [3.8, 4) is 28.3 Å². The molecule has 252 valence electrons. The second-order valence-electron chi connectivity index (χ2n) is 12.7. The number of amides is 1. The number of carboxylic acids is 1. The van der Waals surface area contributed by atoms with E-state index in [4.69, 9.17) is 23.6 Å². The highest BCUT2D eigenvalue weighted by molar-refractivity contribution is 5.97. The highest BCUT2D eigenvalue weighted by atomic mass is 16.5. The zero-order valence-corrected chi connectivity index (χ0v) is 27.6. The molecular formula is C37H42N4O7. The van der Waals surface area contributed by atoms with Gasteiger partial charge in [-0.25, -0.2) is 4.98 Å². The first-order valence-corrected chi connectivity index (χ1v) is 16.7. The minimum atomic E-state index is -0.845. The fourth-order valence-electron chi connectivity index (χ4n) is 7.25. The standard InChI is InChI=1S/C37H42N4O7/c1-24-27(29-7-4-8-32-30(29)9-12-41(32)35(42)10-11-39-13-16-46-17-14-39)5-3-6-28(24)37-38-31-19-25(33(45-2)21-34(31)48-37)22-40-15-18-47-23-26(40)20-36(43)44/h3-8,19,21,26H,9-18,20,22-23H2,1-2H3,(H,43,44). The molecule has 48 heavy (non-hydrogen) atoms. The van der Waals surface area contributed by atoms with E-state index in [-0.39, 0.29) is 18.4 Å². The number of nitrogens with zero attached hydrogens (tertiary/aromatic N) is 4. The molecule has 1 atom stereocenters. The van der Waals surface area contributed by atoms with E-state index in [1.165, 1.54) is 5.56 Å². The van der Waals surface area contributed by atoms with Gasteiger partial charge in [-0.05, 0) is 53.8 Å². The van der Waals surface area contributed by atoms with Crippen LogP contribution in [0.4, 0.5) is 5.69 Å². The number of carboxylic acid groups (broad SMARTS) is 1. The SMILES string of the molecule is COc1cc2oc(-c3cccc(-c4cccc5c4CCN5C(=O)CCN4CCOCC4)c3C)nc2cc1CN1CCOCC1CC(=O)O. The summed E-state index contributed by atoms with van der Waals surface area (Å²) >= 11 is 0. The van der Waals surface area contributed by atoms with Crippen LogP contribution in [-0.4, -0.2) is 104 Å². The third-order valence-electron chi connectivity index (χ3n) is 9.85. The molecule has 3 aliphatic heterocycles. The number of rotatable bonds is 10. The van der Waals surface area contributed by atoms with Gasteiger partial charge in [-0.1, -0.05) is 24.3 Å². The van der Waals surface area contributed by atoms with Gasteiger partial charge in [0, 0.05) is 74.6 Å². The number of morpholine rings is 2. The summed E-state index contributed by atoms with van der Waals surface area (Å²) in [6.07, 6.45) is 1.32. The molecule has 3 aliphatic rings. The molecule has 0 saturated carbocycles. The Morgan fingerprint density at radius 2 is 1.75 bits per heavy atom. The number of hydrogen-bond donors (Lipinski definition) is 1. The number of oxazole rings is 1. The van der Waals surface area contributed by atoms with Crippen LogP contribution in [0.2, 0.25) is 0 Å². The average Bonchev–Trinajstić information content (AvgIpc) is 3.72. The predicted molar refractivity (Wildman–Crippen MR) is 181 cm³/mol. The molecule has 2 saturated heterocycles.